The number of amides is 1. The van der Waals surface area contributed by atoms with Gasteiger partial charge in [-0.1, -0.05) is 39.0 Å². The van der Waals surface area contributed by atoms with Crippen LogP contribution in [0.25, 0.3) is 0 Å². The molecule has 5 heteroatoms. The molecule has 1 rings (SSSR count). The molecule has 0 atom stereocenters. The van der Waals surface area contributed by atoms with Gasteiger partial charge in [0.15, 0.2) is 0 Å². The Labute approximate surface area is 97.5 Å². The van der Waals surface area contributed by atoms with Crippen LogP contribution in [0.4, 0.5) is 4.79 Å². The molecule has 0 saturated carbocycles. The first-order valence-corrected chi connectivity index (χ1v) is 6.27. The summed E-state index contributed by atoms with van der Waals surface area (Å²) in [5.74, 6) is 0. The van der Waals surface area contributed by atoms with Crippen LogP contribution in [0.3, 0.4) is 0 Å². The zero-order valence-electron chi connectivity index (χ0n) is 10.1. The van der Waals surface area contributed by atoms with E-state index < -0.39 is 0 Å². The number of rotatable bonds is 9. The molecule has 94 valence electrons. The van der Waals surface area contributed by atoms with E-state index in [0.29, 0.717) is 13.2 Å². The zero-order valence-corrected chi connectivity index (χ0v) is 10.1. The van der Waals surface area contributed by atoms with Gasteiger partial charge in [-0.15, -0.1) is 0 Å². The van der Waals surface area contributed by atoms with Gasteiger partial charge in [0.2, 0.25) is 0 Å². The quantitative estimate of drug-likeness (QED) is 0.467. The molecule has 1 aliphatic rings. The van der Waals surface area contributed by atoms with Crippen LogP contribution in [0.15, 0.2) is 0 Å². The highest BCUT2D eigenvalue weighted by molar-refractivity contribution is 5.68. The molecule has 0 aliphatic carbocycles. The molecule has 1 heterocycles. The molecular formula is C11H23N3O2. The number of unbranched alkanes of at least 4 members (excludes halogenated alkanes) is 5. The number of nitrogens with zero attached hydrogens (tertiary/aromatic N) is 1. The summed E-state index contributed by atoms with van der Waals surface area (Å²) in [5, 5.41) is 1.46. The van der Waals surface area contributed by atoms with Crippen LogP contribution in [0.1, 0.15) is 45.4 Å². The largest absolute Gasteiger partial charge is 0.446 e. The van der Waals surface area contributed by atoms with Crippen LogP contribution in [0.2, 0.25) is 0 Å². The van der Waals surface area contributed by atoms with E-state index in [9.17, 15) is 4.79 Å². The van der Waals surface area contributed by atoms with Gasteiger partial charge >= 0.3 is 6.09 Å². The van der Waals surface area contributed by atoms with Crippen LogP contribution < -0.4 is 11.0 Å². The molecule has 0 aromatic heterocycles. The summed E-state index contributed by atoms with van der Waals surface area (Å²) >= 11 is 0. The standard InChI is InChI=1S/C11H23N3O2/c1-2-3-4-5-6-7-8-12-13-14-9-10-16-11(14)15/h12-13H,2-10H2,1H3. The van der Waals surface area contributed by atoms with E-state index in [1.54, 1.807) is 0 Å². The van der Waals surface area contributed by atoms with Gasteiger partial charge in [0.05, 0.1) is 6.54 Å². The zero-order chi connectivity index (χ0) is 11.6. The molecule has 1 fully saturated rings. The summed E-state index contributed by atoms with van der Waals surface area (Å²) in [6.07, 6.45) is 7.36. The third-order valence-corrected chi connectivity index (χ3v) is 2.63. The van der Waals surface area contributed by atoms with Crippen LogP contribution in [-0.2, 0) is 4.74 Å². The molecular weight excluding hydrogens is 206 g/mol. The predicted molar refractivity (Wildman–Crippen MR) is 62.6 cm³/mol. The number of carbonyl (C=O) groups is 1. The summed E-state index contributed by atoms with van der Waals surface area (Å²) < 4.78 is 4.77. The Morgan fingerprint density at radius 1 is 1.25 bits per heavy atom. The maximum Gasteiger partial charge on any atom is 0.425 e. The first-order valence-electron chi connectivity index (χ1n) is 6.27. The summed E-state index contributed by atoms with van der Waals surface area (Å²) in [7, 11) is 0. The summed E-state index contributed by atoms with van der Waals surface area (Å²) in [4.78, 5) is 11.0. The number of hydrazine groups is 2. The van der Waals surface area contributed by atoms with Crippen molar-refractivity contribution in [3.63, 3.8) is 0 Å². The molecule has 0 spiro atoms. The fourth-order valence-corrected chi connectivity index (χ4v) is 1.64. The maximum atomic E-state index is 11.0. The molecule has 0 aromatic carbocycles. The van der Waals surface area contributed by atoms with Crippen molar-refractivity contribution in [1.82, 2.24) is 16.0 Å². The highest BCUT2D eigenvalue weighted by Gasteiger charge is 2.20. The van der Waals surface area contributed by atoms with E-state index in [4.69, 9.17) is 4.74 Å². The molecule has 0 bridgehead atoms. The van der Waals surface area contributed by atoms with Gasteiger partial charge < -0.3 is 4.74 Å². The van der Waals surface area contributed by atoms with Crippen molar-refractivity contribution in [3.05, 3.63) is 0 Å². The highest BCUT2D eigenvalue weighted by atomic mass is 16.6. The van der Waals surface area contributed by atoms with Gasteiger partial charge in [-0.25, -0.2) is 15.2 Å². The van der Waals surface area contributed by atoms with Crippen LogP contribution in [0, 0.1) is 0 Å². The van der Waals surface area contributed by atoms with Crippen LogP contribution in [-0.4, -0.2) is 30.8 Å². The predicted octanol–water partition coefficient (Wildman–Crippen LogP) is 1.81. The van der Waals surface area contributed by atoms with E-state index in [1.807, 2.05) is 0 Å². The molecule has 0 aromatic rings. The second kappa shape index (κ2) is 8.35. The topological polar surface area (TPSA) is 53.6 Å². The Hall–Kier alpha value is -0.810. The van der Waals surface area contributed by atoms with Gasteiger partial charge in [0.25, 0.3) is 0 Å². The minimum atomic E-state index is -0.296. The summed E-state index contributed by atoms with van der Waals surface area (Å²) in [6.45, 7) is 4.20. The van der Waals surface area contributed by atoms with Crippen molar-refractivity contribution < 1.29 is 9.53 Å². The van der Waals surface area contributed by atoms with Gasteiger partial charge in [-0.2, -0.15) is 5.53 Å². The average molecular weight is 229 g/mol. The molecule has 5 nitrogen and oxygen atoms in total. The highest BCUT2D eigenvalue weighted by Crippen LogP contribution is 2.04. The third-order valence-electron chi connectivity index (χ3n) is 2.63. The van der Waals surface area contributed by atoms with Crippen molar-refractivity contribution in [2.75, 3.05) is 19.7 Å². The van der Waals surface area contributed by atoms with Crippen LogP contribution >= 0.6 is 0 Å². The number of hydrogen-bond acceptors (Lipinski definition) is 4. The average Bonchev–Trinajstić information content (AvgIpc) is 2.68. The lowest BCUT2D eigenvalue weighted by atomic mass is 10.1. The molecule has 2 N–H and O–H groups in total. The monoisotopic (exact) mass is 229 g/mol. The minimum absolute atomic E-state index is 0.296. The van der Waals surface area contributed by atoms with Crippen molar-refractivity contribution >= 4 is 6.09 Å². The Kier molecular flexibility index (Phi) is 6.92. The lowest BCUT2D eigenvalue weighted by Gasteiger charge is -2.14. The number of nitrogens with one attached hydrogen (secondary N) is 2. The van der Waals surface area contributed by atoms with Crippen LogP contribution in [0.5, 0.6) is 0 Å². The first kappa shape index (κ1) is 13.3. The number of cyclic esters (lactones) is 1. The van der Waals surface area contributed by atoms with Crippen molar-refractivity contribution in [3.8, 4) is 0 Å². The van der Waals surface area contributed by atoms with Gasteiger partial charge in [-0.05, 0) is 6.42 Å². The lowest BCUT2D eigenvalue weighted by Crippen LogP contribution is -2.47. The third kappa shape index (κ3) is 5.32. The second-order valence-corrected chi connectivity index (χ2v) is 4.07. The first-order chi connectivity index (χ1) is 7.84. The van der Waals surface area contributed by atoms with Crippen molar-refractivity contribution in [1.29, 1.82) is 0 Å². The smallest absolute Gasteiger partial charge is 0.425 e. The van der Waals surface area contributed by atoms with Crippen molar-refractivity contribution in [2.45, 2.75) is 45.4 Å². The van der Waals surface area contributed by atoms with Gasteiger partial charge in [0.1, 0.15) is 6.61 Å². The Morgan fingerprint density at radius 3 is 2.69 bits per heavy atom. The second-order valence-electron chi connectivity index (χ2n) is 4.07. The Morgan fingerprint density at radius 2 is 2.00 bits per heavy atom. The normalized spacial score (nSPS) is 15.6. The Balaban J connectivity index is 1.83. The maximum absolute atomic E-state index is 11.0. The fourth-order valence-electron chi connectivity index (χ4n) is 1.64. The van der Waals surface area contributed by atoms with Gasteiger partial charge in [0, 0.05) is 6.54 Å². The molecule has 1 amide bonds. The van der Waals surface area contributed by atoms with E-state index in [2.05, 4.69) is 17.9 Å². The lowest BCUT2D eigenvalue weighted by molar-refractivity contribution is 0.137. The molecule has 1 aliphatic heterocycles. The van der Waals surface area contributed by atoms with E-state index in [-0.39, 0.29) is 6.09 Å². The van der Waals surface area contributed by atoms with E-state index in [0.717, 1.165) is 13.0 Å². The number of hydrogen-bond donors (Lipinski definition) is 2. The summed E-state index contributed by atoms with van der Waals surface area (Å²) in [6, 6.07) is 0. The minimum Gasteiger partial charge on any atom is -0.446 e. The fraction of sp³-hybridized carbons (Fsp3) is 0.909. The van der Waals surface area contributed by atoms with Gasteiger partial charge in [-0.3, -0.25) is 0 Å². The Bertz CT molecular complexity index is 200. The molecule has 0 radical (unpaired) electrons. The van der Waals surface area contributed by atoms with Crippen molar-refractivity contribution in [2.24, 2.45) is 0 Å². The number of ether oxygens (including phenoxy) is 1. The molecule has 1 saturated heterocycles. The number of carbonyl (C=O) groups excluding carboxylic acids is 1. The molecule has 0 unspecified atom stereocenters. The van der Waals surface area contributed by atoms with E-state index in [1.165, 1.54) is 37.1 Å². The molecule has 16 heavy (non-hydrogen) atoms. The summed E-state index contributed by atoms with van der Waals surface area (Å²) in [5.41, 5.74) is 5.87. The SMILES string of the molecule is CCCCCCCCNNN1CCOC1=O. The van der Waals surface area contributed by atoms with E-state index >= 15 is 0 Å².